The average molecular weight is 204 g/mol. The molecule has 0 amide bonds. The van der Waals surface area contributed by atoms with Gasteiger partial charge in [-0.3, -0.25) is 0 Å². The topological polar surface area (TPSA) is 21.6 Å². The molecule has 0 aliphatic rings. The van der Waals surface area contributed by atoms with Crippen LogP contribution < -0.4 is 0 Å². The van der Waals surface area contributed by atoms with Crippen LogP contribution >= 0.6 is 0 Å². The Labute approximate surface area is 91.9 Å². The zero-order valence-electron chi connectivity index (χ0n) is 9.87. The van der Waals surface area contributed by atoms with Crippen molar-refractivity contribution in [2.45, 2.75) is 39.7 Å². The molecule has 0 atom stereocenters. The SMILES string of the molecule is CCc1cccc(/[C]=N/OC(C)(C)C)c1. The van der Waals surface area contributed by atoms with E-state index in [-0.39, 0.29) is 5.60 Å². The largest absolute Gasteiger partial charge is 0.390 e. The Morgan fingerprint density at radius 1 is 1.33 bits per heavy atom. The molecule has 0 heterocycles. The van der Waals surface area contributed by atoms with Crippen molar-refractivity contribution >= 4 is 6.21 Å². The van der Waals surface area contributed by atoms with Crippen molar-refractivity contribution < 1.29 is 4.84 Å². The number of nitrogens with zero attached hydrogens (tertiary/aromatic N) is 1. The molecule has 0 fully saturated rings. The quantitative estimate of drug-likeness (QED) is 0.547. The van der Waals surface area contributed by atoms with Crippen molar-refractivity contribution in [1.29, 1.82) is 0 Å². The molecule has 0 unspecified atom stereocenters. The molecule has 2 nitrogen and oxygen atoms in total. The Morgan fingerprint density at radius 3 is 2.67 bits per heavy atom. The first kappa shape index (κ1) is 11.8. The van der Waals surface area contributed by atoms with E-state index in [1.165, 1.54) is 5.56 Å². The van der Waals surface area contributed by atoms with E-state index in [1.54, 1.807) is 0 Å². The van der Waals surface area contributed by atoms with E-state index in [2.05, 4.69) is 30.4 Å². The minimum Gasteiger partial charge on any atom is -0.390 e. The van der Waals surface area contributed by atoms with E-state index in [4.69, 9.17) is 4.84 Å². The van der Waals surface area contributed by atoms with Crippen molar-refractivity contribution in [3.8, 4) is 0 Å². The predicted molar refractivity (Wildman–Crippen MR) is 63.2 cm³/mol. The molecule has 0 aromatic heterocycles. The zero-order valence-corrected chi connectivity index (χ0v) is 9.87. The highest BCUT2D eigenvalue weighted by Gasteiger charge is 2.09. The molecule has 2 heteroatoms. The van der Waals surface area contributed by atoms with E-state index < -0.39 is 0 Å². The second-order valence-electron chi connectivity index (χ2n) is 4.46. The third-order valence-electron chi connectivity index (χ3n) is 1.83. The summed E-state index contributed by atoms with van der Waals surface area (Å²) in [5.41, 5.74) is 1.99. The van der Waals surface area contributed by atoms with Crippen LogP contribution in [0.15, 0.2) is 29.4 Å². The Bertz CT molecular complexity index is 337. The first-order valence-corrected chi connectivity index (χ1v) is 5.24. The van der Waals surface area contributed by atoms with Crippen LogP contribution in [0.1, 0.15) is 38.8 Å². The van der Waals surface area contributed by atoms with Crippen molar-refractivity contribution in [2.75, 3.05) is 0 Å². The van der Waals surface area contributed by atoms with Crippen molar-refractivity contribution in [3.05, 3.63) is 35.4 Å². The summed E-state index contributed by atoms with van der Waals surface area (Å²) in [5, 5.41) is 3.84. The molecule has 0 aliphatic carbocycles. The molecule has 0 saturated carbocycles. The summed E-state index contributed by atoms with van der Waals surface area (Å²) >= 11 is 0. The second-order valence-corrected chi connectivity index (χ2v) is 4.46. The maximum atomic E-state index is 5.22. The summed E-state index contributed by atoms with van der Waals surface area (Å²) in [7, 11) is 0. The Balaban J connectivity index is 2.64. The fourth-order valence-corrected chi connectivity index (χ4v) is 1.07. The molecule has 1 aromatic carbocycles. The Hall–Kier alpha value is -1.31. The maximum Gasteiger partial charge on any atom is 0.139 e. The highest BCUT2D eigenvalue weighted by Crippen LogP contribution is 2.08. The molecule has 0 N–H and O–H groups in total. The molecular formula is C13H18NO. The van der Waals surface area contributed by atoms with Gasteiger partial charge in [0.05, 0.1) is 0 Å². The highest BCUT2D eigenvalue weighted by molar-refractivity contribution is 5.79. The molecule has 15 heavy (non-hydrogen) atoms. The molecule has 1 radical (unpaired) electrons. The lowest BCUT2D eigenvalue weighted by atomic mass is 10.1. The normalized spacial score (nSPS) is 12.0. The Kier molecular flexibility index (Phi) is 3.89. The molecule has 0 bridgehead atoms. The van der Waals surface area contributed by atoms with Crippen LogP contribution in [0, 0.1) is 0 Å². The summed E-state index contributed by atoms with van der Waals surface area (Å²) in [6.07, 6.45) is 3.90. The fourth-order valence-electron chi connectivity index (χ4n) is 1.07. The fraction of sp³-hybridized carbons (Fsp3) is 0.462. The molecule has 1 rings (SSSR count). The van der Waals surface area contributed by atoms with Crippen LogP contribution in [0.25, 0.3) is 0 Å². The monoisotopic (exact) mass is 204 g/mol. The summed E-state index contributed by atoms with van der Waals surface area (Å²) in [6.45, 7) is 8.00. The first-order valence-electron chi connectivity index (χ1n) is 5.24. The van der Waals surface area contributed by atoms with Gasteiger partial charge in [0.2, 0.25) is 0 Å². The van der Waals surface area contributed by atoms with E-state index in [9.17, 15) is 0 Å². The smallest absolute Gasteiger partial charge is 0.139 e. The van der Waals surface area contributed by atoms with Crippen LogP contribution in [0.2, 0.25) is 0 Å². The number of aryl methyl sites for hydroxylation is 1. The predicted octanol–water partition coefficient (Wildman–Crippen LogP) is 3.28. The van der Waals surface area contributed by atoms with E-state index in [0.717, 1.165) is 12.0 Å². The summed E-state index contributed by atoms with van der Waals surface area (Å²) in [6, 6.07) is 8.13. The lowest BCUT2D eigenvalue weighted by Crippen LogP contribution is -2.15. The third-order valence-corrected chi connectivity index (χ3v) is 1.83. The van der Waals surface area contributed by atoms with Gasteiger partial charge in [0.25, 0.3) is 0 Å². The maximum absolute atomic E-state index is 5.22. The Morgan fingerprint density at radius 2 is 2.07 bits per heavy atom. The summed E-state index contributed by atoms with van der Waals surface area (Å²) in [4.78, 5) is 5.22. The molecule has 0 aliphatic heterocycles. The molecular weight excluding hydrogens is 186 g/mol. The number of benzene rings is 1. The van der Waals surface area contributed by atoms with Crippen LogP contribution in [0.5, 0.6) is 0 Å². The molecule has 0 spiro atoms. The number of hydrogen-bond acceptors (Lipinski definition) is 2. The van der Waals surface area contributed by atoms with Gasteiger partial charge in [-0.25, -0.2) is 0 Å². The average Bonchev–Trinajstić information content (AvgIpc) is 2.16. The zero-order chi connectivity index (χ0) is 11.3. The number of hydrogen-bond donors (Lipinski definition) is 0. The van der Waals surface area contributed by atoms with Crippen LogP contribution in [-0.2, 0) is 11.3 Å². The standard InChI is InChI=1S/C13H18NO/c1-5-11-7-6-8-12(9-11)10-14-15-13(2,3)4/h6-9H,5H2,1-4H3. The lowest BCUT2D eigenvalue weighted by Gasteiger charge is -2.14. The minimum absolute atomic E-state index is 0.255. The summed E-state index contributed by atoms with van der Waals surface area (Å²) < 4.78 is 0. The van der Waals surface area contributed by atoms with Crippen LogP contribution in [-0.4, -0.2) is 11.8 Å². The van der Waals surface area contributed by atoms with Crippen LogP contribution in [0.4, 0.5) is 0 Å². The second kappa shape index (κ2) is 4.96. The van der Waals surface area contributed by atoms with E-state index >= 15 is 0 Å². The number of rotatable bonds is 3. The van der Waals surface area contributed by atoms with Crippen molar-refractivity contribution in [1.82, 2.24) is 0 Å². The van der Waals surface area contributed by atoms with Gasteiger partial charge in [-0.05, 0) is 38.8 Å². The van der Waals surface area contributed by atoms with Gasteiger partial charge in [0.15, 0.2) is 0 Å². The van der Waals surface area contributed by atoms with Gasteiger partial charge >= 0.3 is 0 Å². The van der Waals surface area contributed by atoms with Gasteiger partial charge in [0, 0.05) is 5.56 Å². The van der Waals surface area contributed by atoms with Crippen LogP contribution in [0.3, 0.4) is 0 Å². The van der Waals surface area contributed by atoms with E-state index in [1.807, 2.05) is 32.9 Å². The van der Waals surface area contributed by atoms with Crippen molar-refractivity contribution in [2.24, 2.45) is 5.16 Å². The molecule has 1 aromatic rings. The molecule has 81 valence electrons. The van der Waals surface area contributed by atoms with Gasteiger partial charge in [-0.1, -0.05) is 30.3 Å². The lowest BCUT2D eigenvalue weighted by molar-refractivity contribution is 0.00199. The first-order chi connectivity index (χ1) is 7.01. The minimum atomic E-state index is -0.255. The van der Waals surface area contributed by atoms with E-state index in [0.29, 0.717) is 0 Å². The summed E-state index contributed by atoms with van der Waals surface area (Å²) in [5.74, 6) is 0. The van der Waals surface area contributed by atoms with Gasteiger partial charge in [-0.2, -0.15) is 0 Å². The van der Waals surface area contributed by atoms with Gasteiger partial charge < -0.3 is 4.84 Å². The third kappa shape index (κ3) is 4.63. The van der Waals surface area contributed by atoms with Gasteiger partial charge in [0.1, 0.15) is 11.8 Å². The molecule has 0 saturated heterocycles. The highest BCUT2D eigenvalue weighted by atomic mass is 16.6. The van der Waals surface area contributed by atoms with Gasteiger partial charge in [-0.15, -0.1) is 0 Å². The van der Waals surface area contributed by atoms with Crippen molar-refractivity contribution in [3.63, 3.8) is 0 Å².